The van der Waals surface area contributed by atoms with Crippen LogP contribution in [0.25, 0.3) is 0 Å². The van der Waals surface area contributed by atoms with Crippen molar-refractivity contribution in [3.63, 3.8) is 0 Å². The third-order valence-corrected chi connectivity index (χ3v) is 6.42. The van der Waals surface area contributed by atoms with Crippen LogP contribution in [0.1, 0.15) is 9.67 Å². The van der Waals surface area contributed by atoms with Gasteiger partial charge in [0.2, 0.25) is 0 Å². The maximum atomic E-state index is 12.6. The van der Waals surface area contributed by atoms with E-state index in [2.05, 4.69) is 9.46 Å². The summed E-state index contributed by atoms with van der Waals surface area (Å²) in [6, 6.07) is 7.79. The molecule has 1 aromatic heterocycles. The second-order valence-electron chi connectivity index (χ2n) is 5.00. The van der Waals surface area contributed by atoms with Crippen molar-refractivity contribution in [3.8, 4) is 0 Å². The van der Waals surface area contributed by atoms with Gasteiger partial charge in [-0.05, 0) is 41.4 Å². The van der Waals surface area contributed by atoms with Gasteiger partial charge in [-0.2, -0.15) is 0 Å². The van der Waals surface area contributed by atoms with Gasteiger partial charge in [0.25, 0.3) is 15.3 Å². The maximum absolute atomic E-state index is 12.6. The number of thioether (sulfide) groups is 1. The number of carbonyl (C=O) groups is 2. The van der Waals surface area contributed by atoms with Gasteiger partial charge in [0.05, 0.1) is 7.11 Å². The van der Waals surface area contributed by atoms with E-state index in [0.29, 0.717) is 10.6 Å². The fraction of sp³-hybridized carbons (Fsp3) is 0.200. The van der Waals surface area contributed by atoms with Crippen molar-refractivity contribution < 1.29 is 22.7 Å². The van der Waals surface area contributed by atoms with E-state index in [4.69, 9.17) is 0 Å². The number of benzene rings is 1. The lowest BCUT2D eigenvalue weighted by Gasteiger charge is -2.11. The molecule has 1 heterocycles. The van der Waals surface area contributed by atoms with Crippen LogP contribution in [-0.2, 0) is 14.8 Å². The highest BCUT2D eigenvalue weighted by Crippen LogP contribution is 2.27. The van der Waals surface area contributed by atoms with Gasteiger partial charge < -0.3 is 9.64 Å². The fourth-order valence-electron chi connectivity index (χ4n) is 1.78. The predicted molar refractivity (Wildman–Crippen MR) is 97.8 cm³/mol. The summed E-state index contributed by atoms with van der Waals surface area (Å²) in [5, 5.41) is 1.33. The number of hydrogen-bond acceptors (Lipinski definition) is 7. The Hall–Kier alpha value is -2.04. The zero-order valence-corrected chi connectivity index (χ0v) is 16.1. The predicted octanol–water partition coefficient (Wildman–Crippen LogP) is 3.11. The Morgan fingerprint density at radius 1 is 1.24 bits per heavy atom. The normalized spacial score (nSPS) is 11.0. The van der Waals surface area contributed by atoms with Crippen molar-refractivity contribution in [1.82, 2.24) is 4.90 Å². The van der Waals surface area contributed by atoms with E-state index in [1.54, 1.807) is 38.4 Å². The van der Waals surface area contributed by atoms with Crippen LogP contribution in [0.15, 0.2) is 45.5 Å². The van der Waals surface area contributed by atoms with Crippen molar-refractivity contribution in [2.75, 3.05) is 25.9 Å². The summed E-state index contributed by atoms with van der Waals surface area (Å²) in [5.41, 5.74) is 0.290. The number of carbonyl (C=O) groups excluding carboxylic acids is 2. The van der Waals surface area contributed by atoms with Crippen molar-refractivity contribution in [1.29, 1.82) is 0 Å². The monoisotopic (exact) mass is 400 g/mol. The largest absolute Gasteiger partial charge is 0.465 e. The number of methoxy groups -OCH3 is 1. The summed E-state index contributed by atoms with van der Waals surface area (Å²) in [6.45, 7) is 0. The average Bonchev–Trinajstić information content (AvgIpc) is 3.04. The molecular formula is C15H16N2O5S3. The average molecular weight is 401 g/mol. The van der Waals surface area contributed by atoms with Crippen molar-refractivity contribution in [2.45, 2.75) is 9.79 Å². The molecular weight excluding hydrogens is 384 g/mol. The Morgan fingerprint density at radius 3 is 2.60 bits per heavy atom. The van der Waals surface area contributed by atoms with E-state index >= 15 is 0 Å². The molecule has 0 aliphatic heterocycles. The number of nitrogens with zero attached hydrogens (tertiary/aromatic N) is 1. The number of thiophene rings is 1. The van der Waals surface area contributed by atoms with Crippen molar-refractivity contribution >= 4 is 50.0 Å². The molecule has 25 heavy (non-hydrogen) atoms. The first-order chi connectivity index (χ1) is 11.7. The molecule has 0 bridgehead atoms. The van der Waals surface area contributed by atoms with Crippen LogP contribution in [-0.4, -0.2) is 45.7 Å². The van der Waals surface area contributed by atoms with Crippen LogP contribution in [0.3, 0.4) is 0 Å². The maximum Gasteiger partial charge on any atom is 0.349 e. The highest BCUT2D eigenvalue weighted by atomic mass is 32.2. The van der Waals surface area contributed by atoms with Crippen LogP contribution >= 0.6 is 23.1 Å². The lowest BCUT2D eigenvalue weighted by atomic mass is 10.3. The van der Waals surface area contributed by atoms with Crippen molar-refractivity contribution in [3.05, 3.63) is 40.6 Å². The number of ether oxygens (including phenoxy) is 1. The highest BCUT2D eigenvalue weighted by Gasteiger charge is 2.24. The van der Waals surface area contributed by atoms with Gasteiger partial charge in [0.1, 0.15) is 9.77 Å². The van der Waals surface area contributed by atoms with E-state index in [-0.39, 0.29) is 15.0 Å². The first-order valence-electron chi connectivity index (χ1n) is 6.92. The summed E-state index contributed by atoms with van der Waals surface area (Å²) >= 11 is 1.97. The molecule has 1 amide bonds. The zero-order valence-electron chi connectivity index (χ0n) is 13.7. The Morgan fingerprint density at radius 2 is 1.96 bits per heavy atom. The van der Waals surface area contributed by atoms with E-state index in [9.17, 15) is 18.0 Å². The Balaban J connectivity index is 2.26. The first-order valence-corrected chi connectivity index (χ1v) is 10.1. The molecule has 10 heteroatoms. The molecule has 1 aromatic carbocycles. The number of anilines is 1. The van der Waals surface area contributed by atoms with Crippen molar-refractivity contribution in [2.24, 2.45) is 0 Å². The van der Waals surface area contributed by atoms with E-state index < -0.39 is 16.0 Å². The number of sulfonamides is 1. The summed E-state index contributed by atoms with van der Waals surface area (Å²) in [4.78, 5) is 25.3. The van der Waals surface area contributed by atoms with Gasteiger partial charge in [-0.1, -0.05) is 6.07 Å². The Kier molecular flexibility index (Phi) is 6.09. The summed E-state index contributed by atoms with van der Waals surface area (Å²) < 4.78 is 32.1. The second-order valence-corrected chi connectivity index (χ2v) is 8.59. The molecule has 2 aromatic rings. The Bertz CT molecular complexity index is 890. The minimum absolute atomic E-state index is 0.00307. The smallest absolute Gasteiger partial charge is 0.349 e. The number of rotatable bonds is 5. The third kappa shape index (κ3) is 4.74. The molecule has 134 valence electrons. The molecule has 1 N–H and O–H groups in total. The number of esters is 1. The van der Waals surface area contributed by atoms with Gasteiger partial charge in [0.15, 0.2) is 0 Å². The van der Waals surface area contributed by atoms with Crippen LogP contribution < -0.4 is 4.72 Å². The lowest BCUT2D eigenvalue weighted by Crippen LogP contribution is -2.16. The minimum atomic E-state index is -3.96. The number of nitrogens with one attached hydrogen (secondary N) is 1. The topological polar surface area (TPSA) is 92.8 Å². The molecule has 2 rings (SSSR count). The summed E-state index contributed by atoms with van der Waals surface area (Å²) in [5.74, 6) is -0.712. The molecule has 0 saturated carbocycles. The second kappa shape index (κ2) is 7.89. The van der Waals surface area contributed by atoms with Gasteiger partial charge in [-0.3, -0.25) is 9.52 Å². The van der Waals surface area contributed by atoms with Crippen LogP contribution in [0, 0.1) is 0 Å². The van der Waals surface area contributed by atoms with Crippen LogP contribution in [0.4, 0.5) is 10.5 Å². The quantitative estimate of drug-likeness (QED) is 0.612. The van der Waals surface area contributed by atoms with Crippen LogP contribution in [0.5, 0.6) is 0 Å². The molecule has 0 aliphatic carbocycles. The SMILES string of the molecule is COC(=O)c1sccc1S(=O)(=O)Nc1cccc(SC(=O)N(C)C)c1. The molecule has 0 atom stereocenters. The molecule has 0 saturated heterocycles. The molecule has 0 aliphatic rings. The molecule has 7 nitrogen and oxygen atoms in total. The molecule has 0 unspecified atom stereocenters. The highest BCUT2D eigenvalue weighted by molar-refractivity contribution is 8.13. The lowest BCUT2D eigenvalue weighted by molar-refractivity contribution is 0.0602. The number of amides is 1. The van der Waals surface area contributed by atoms with Gasteiger partial charge in [0, 0.05) is 24.7 Å². The third-order valence-electron chi connectivity index (χ3n) is 2.95. The standard InChI is InChI=1S/C15H16N2O5S3/c1-17(2)15(19)24-11-6-4-5-10(9-11)16-25(20,21)12-7-8-23-13(12)14(18)22-3/h4-9,16H,1-3H3. The molecule has 0 spiro atoms. The van der Waals surface area contributed by atoms with E-state index in [1.807, 2.05) is 0 Å². The van der Waals surface area contributed by atoms with Gasteiger partial charge >= 0.3 is 5.97 Å². The van der Waals surface area contributed by atoms with Gasteiger partial charge in [-0.15, -0.1) is 11.3 Å². The van der Waals surface area contributed by atoms with Gasteiger partial charge in [-0.25, -0.2) is 13.2 Å². The summed E-state index contributed by atoms with van der Waals surface area (Å²) in [6.07, 6.45) is 0. The Labute approximate surface area is 154 Å². The minimum Gasteiger partial charge on any atom is -0.465 e. The molecule has 0 radical (unpaired) electrons. The summed E-state index contributed by atoms with van der Waals surface area (Å²) in [7, 11) is 0.490. The number of hydrogen-bond donors (Lipinski definition) is 1. The van der Waals surface area contributed by atoms with Crippen LogP contribution in [0.2, 0.25) is 0 Å². The van der Waals surface area contributed by atoms with E-state index in [1.165, 1.54) is 23.5 Å². The first kappa shape index (κ1) is 19.3. The fourth-order valence-corrected chi connectivity index (χ4v) is 4.88. The van der Waals surface area contributed by atoms with E-state index in [0.717, 1.165) is 23.1 Å². The zero-order chi connectivity index (χ0) is 18.6. The molecule has 0 fully saturated rings.